The molecule has 0 amide bonds. The maximum absolute atomic E-state index is 12.2. The molecule has 0 radical (unpaired) electrons. The number of methoxy groups -OCH3 is 1. The van der Waals surface area contributed by atoms with Gasteiger partial charge >= 0.3 is 138 Å². The summed E-state index contributed by atoms with van der Waals surface area (Å²) in [6.45, 7) is 0. The van der Waals surface area contributed by atoms with Crippen LogP contribution in [-0.2, 0) is 4.74 Å². The van der Waals surface area contributed by atoms with E-state index in [1.54, 1.807) is 30.3 Å². The fraction of sp³-hybridized carbons (Fsp3) is 0.222. The van der Waals surface area contributed by atoms with E-state index >= 15 is 0 Å². The van der Waals surface area contributed by atoms with Gasteiger partial charge in [-0.25, -0.2) is 0 Å². The van der Waals surface area contributed by atoms with Gasteiger partial charge in [-0.3, -0.25) is 0 Å². The summed E-state index contributed by atoms with van der Waals surface area (Å²) in [5.41, 5.74) is 0.784. The number of hydrogen-bond acceptors (Lipinski definition) is 4. The third-order valence-corrected chi connectivity index (χ3v) is 7.74. The van der Waals surface area contributed by atoms with Crippen molar-refractivity contribution < 1.29 is 19.1 Å². The molecule has 0 atom stereocenters. The Hall–Kier alpha value is -2.08. The normalized spacial score (nSPS) is 11.0. The van der Waals surface area contributed by atoms with Crippen LogP contribution in [0.25, 0.3) is 0 Å². The third kappa shape index (κ3) is 4.45. The van der Waals surface area contributed by atoms with Crippen LogP contribution in [0.15, 0.2) is 48.5 Å². The number of carbonyl (C=O) groups excluding carboxylic acids is 2. The Kier molecular flexibility index (Phi) is 5.26. The van der Waals surface area contributed by atoms with E-state index in [-0.39, 0.29) is 0 Å². The van der Waals surface area contributed by atoms with Crippen LogP contribution in [0.2, 0.25) is 17.3 Å². The molecule has 0 saturated heterocycles. The first-order chi connectivity index (χ1) is 10.8. The molecule has 0 aliphatic heterocycles. The molecule has 0 spiro atoms. The SMILES string of the molecule is COC(=O)c1ccc(C(=O)Oc2ccc[c]([Ge]([CH3])([CH3])[CH3])c2)cc1. The average molecular weight is 373 g/mol. The molecule has 5 heteroatoms. The average Bonchev–Trinajstić information content (AvgIpc) is 2.53. The fourth-order valence-corrected chi connectivity index (χ4v) is 4.51. The molecular weight excluding hydrogens is 353 g/mol. The zero-order valence-electron chi connectivity index (χ0n) is 13.8. The molecule has 2 aromatic carbocycles. The molecule has 23 heavy (non-hydrogen) atoms. The van der Waals surface area contributed by atoms with Crippen LogP contribution in [0.3, 0.4) is 0 Å². The van der Waals surface area contributed by atoms with E-state index in [0.717, 1.165) is 0 Å². The first-order valence-electron chi connectivity index (χ1n) is 7.32. The third-order valence-electron chi connectivity index (χ3n) is 3.45. The van der Waals surface area contributed by atoms with Gasteiger partial charge in [-0.1, -0.05) is 0 Å². The van der Waals surface area contributed by atoms with Gasteiger partial charge in [-0.05, 0) is 0 Å². The van der Waals surface area contributed by atoms with Crippen molar-refractivity contribution in [1.82, 2.24) is 0 Å². The standard InChI is InChI=1S/C18H20GeO4/c1-19(2,3)15-6-5-7-16(12-15)23-18(21)14-10-8-13(9-11-14)17(20)22-4/h5-12H,1-4H3. The van der Waals surface area contributed by atoms with Crippen molar-refractivity contribution in [2.24, 2.45) is 0 Å². The molecule has 0 saturated carbocycles. The van der Waals surface area contributed by atoms with Gasteiger partial charge in [0, 0.05) is 0 Å². The van der Waals surface area contributed by atoms with Crippen molar-refractivity contribution in [2.75, 3.05) is 7.11 Å². The van der Waals surface area contributed by atoms with Crippen molar-refractivity contribution in [3.8, 4) is 5.75 Å². The second kappa shape index (κ2) is 7.00. The zero-order valence-corrected chi connectivity index (χ0v) is 15.8. The van der Waals surface area contributed by atoms with Gasteiger partial charge in [0.05, 0.1) is 0 Å². The van der Waals surface area contributed by atoms with Crippen LogP contribution in [0.5, 0.6) is 5.75 Å². The molecule has 120 valence electrons. The quantitative estimate of drug-likeness (QED) is 0.469. The number of carbonyl (C=O) groups is 2. The summed E-state index contributed by atoms with van der Waals surface area (Å²) in [6.07, 6.45) is 0. The summed E-state index contributed by atoms with van der Waals surface area (Å²) in [6, 6.07) is 13.9. The van der Waals surface area contributed by atoms with Gasteiger partial charge in [0.1, 0.15) is 0 Å². The molecule has 0 aliphatic carbocycles. The number of rotatable bonds is 4. The predicted octanol–water partition coefficient (Wildman–Crippen LogP) is 3.24. The number of ether oxygens (including phenoxy) is 2. The Balaban J connectivity index is 2.15. The number of benzene rings is 2. The summed E-state index contributed by atoms with van der Waals surface area (Å²) in [4.78, 5) is 23.6. The molecular formula is C18H20GeO4. The molecule has 2 rings (SSSR count). The molecule has 0 bridgehead atoms. The topological polar surface area (TPSA) is 52.6 Å². The molecule has 2 aromatic rings. The van der Waals surface area contributed by atoms with Crippen LogP contribution >= 0.6 is 0 Å². The monoisotopic (exact) mass is 374 g/mol. The minimum absolute atomic E-state index is 0.389. The van der Waals surface area contributed by atoms with E-state index < -0.39 is 25.2 Å². The molecule has 4 nitrogen and oxygen atoms in total. The summed E-state index contributed by atoms with van der Waals surface area (Å²) in [5.74, 6) is 6.52. The van der Waals surface area contributed by atoms with E-state index in [1.807, 2.05) is 12.1 Å². The van der Waals surface area contributed by atoms with Crippen molar-refractivity contribution >= 4 is 29.6 Å². The van der Waals surface area contributed by atoms with E-state index in [4.69, 9.17) is 4.74 Å². The predicted molar refractivity (Wildman–Crippen MR) is 92.2 cm³/mol. The zero-order chi connectivity index (χ0) is 17.0. The van der Waals surface area contributed by atoms with Gasteiger partial charge in [0.25, 0.3) is 0 Å². The fourth-order valence-electron chi connectivity index (χ4n) is 2.05. The molecule has 0 fully saturated rings. The number of esters is 2. The summed E-state index contributed by atoms with van der Waals surface area (Å²) in [7, 11) is 1.32. The summed E-state index contributed by atoms with van der Waals surface area (Å²) >= 11 is -1.97. The van der Waals surface area contributed by atoms with Gasteiger partial charge in [0.2, 0.25) is 0 Å². The van der Waals surface area contributed by atoms with Gasteiger partial charge in [-0.15, -0.1) is 0 Å². The van der Waals surface area contributed by atoms with E-state index in [1.165, 1.54) is 11.5 Å². The van der Waals surface area contributed by atoms with Gasteiger partial charge in [-0.2, -0.15) is 0 Å². The molecule has 0 unspecified atom stereocenters. The first kappa shape index (κ1) is 17.3. The van der Waals surface area contributed by atoms with Gasteiger partial charge in [0.15, 0.2) is 0 Å². The van der Waals surface area contributed by atoms with Crippen molar-refractivity contribution in [3.63, 3.8) is 0 Å². The maximum atomic E-state index is 12.2. The number of hydrogen-bond donors (Lipinski definition) is 0. The van der Waals surface area contributed by atoms with Crippen molar-refractivity contribution in [3.05, 3.63) is 59.7 Å². The summed E-state index contributed by atoms with van der Waals surface area (Å²) < 4.78 is 11.3. The van der Waals surface area contributed by atoms with Crippen molar-refractivity contribution in [2.45, 2.75) is 17.3 Å². The van der Waals surface area contributed by atoms with Crippen molar-refractivity contribution in [1.29, 1.82) is 0 Å². The second-order valence-electron chi connectivity index (χ2n) is 6.24. The van der Waals surface area contributed by atoms with Crippen LogP contribution in [0.1, 0.15) is 20.7 Å². The Morgan fingerprint density at radius 3 is 1.96 bits per heavy atom. The van der Waals surface area contributed by atoms with Gasteiger partial charge < -0.3 is 0 Å². The van der Waals surface area contributed by atoms with Crippen LogP contribution in [0, 0.1) is 0 Å². The Bertz CT molecular complexity index is 715. The summed E-state index contributed by atoms with van der Waals surface area (Å²) in [5, 5.41) is 0. The molecule has 0 N–H and O–H groups in total. The first-order valence-corrected chi connectivity index (χ1v) is 14.7. The molecule has 0 heterocycles. The Labute approximate surface area is 138 Å². The van der Waals surface area contributed by atoms with E-state index in [2.05, 4.69) is 28.1 Å². The second-order valence-corrected chi connectivity index (χ2v) is 16.9. The van der Waals surface area contributed by atoms with E-state index in [0.29, 0.717) is 16.9 Å². The van der Waals surface area contributed by atoms with Crippen LogP contribution in [0.4, 0.5) is 0 Å². The Morgan fingerprint density at radius 2 is 1.43 bits per heavy atom. The van der Waals surface area contributed by atoms with E-state index in [9.17, 15) is 9.59 Å². The molecule has 0 aromatic heterocycles. The van der Waals surface area contributed by atoms with Crippen LogP contribution < -0.4 is 9.13 Å². The molecule has 0 aliphatic rings. The Morgan fingerprint density at radius 1 is 0.870 bits per heavy atom. The minimum atomic E-state index is -1.97. The van der Waals surface area contributed by atoms with Crippen LogP contribution in [-0.4, -0.2) is 32.3 Å².